The van der Waals surface area contributed by atoms with Gasteiger partial charge in [-0.3, -0.25) is 0 Å². The molecule has 0 aliphatic carbocycles. The Kier molecular flexibility index (Phi) is 3.08. The van der Waals surface area contributed by atoms with Gasteiger partial charge in [0.25, 0.3) is 0 Å². The van der Waals surface area contributed by atoms with Gasteiger partial charge < -0.3 is 10.7 Å². The van der Waals surface area contributed by atoms with Crippen LogP contribution in [0.2, 0.25) is 0 Å². The minimum absolute atomic E-state index is 0.538. The van der Waals surface area contributed by atoms with E-state index in [1.165, 1.54) is 18.1 Å². The molecule has 1 aromatic carbocycles. The summed E-state index contributed by atoms with van der Waals surface area (Å²) in [6.45, 7) is 2.04. The first kappa shape index (κ1) is 12.0. The minimum Gasteiger partial charge on any atom is -0.383 e. The van der Waals surface area contributed by atoms with Crippen molar-refractivity contribution in [3.8, 4) is 0 Å². The number of hydrogen-bond acceptors (Lipinski definition) is 5. The van der Waals surface area contributed by atoms with E-state index in [0.29, 0.717) is 5.82 Å². The molecule has 2 heterocycles. The van der Waals surface area contributed by atoms with Crippen LogP contribution >= 0.6 is 11.8 Å². The molecule has 5 nitrogen and oxygen atoms in total. The van der Waals surface area contributed by atoms with E-state index < -0.39 is 0 Å². The van der Waals surface area contributed by atoms with E-state index in [1.807, 2.05) is 31.2 Å². The topological polar surface area (TPSA) is 80.5 Å². The van der Waals surface area contributed by atoms with Crippen molar-refractivity contribution in [2.24, 2.45) is 0 Å². The molecule has 3 N–H and O–H groups in total. The molecule has 0 saturated carbocycles. The lowest BCUT2D eigenvalue weighted by atomic mass is 10.2. The summed E-state index contributed by atoms with van der Waals surface area (Å²) < 4.78 is 0. The second-order valence-electron chi connectivity index (χ2n) is 4.06. The number of nitrogen functional groups attached to an aromatic ring is 1. The summed E-state index contributed by atoms with van der Waals surface area (Å²) in [5, 5.41) is 1.67. The number of para-hydroxylation sites is 2. The van der Waals surface area contributed by atoms with Crippen LogP contribution in [0.15, 0.2) is 40.8 Å². The van der Waals surface area contributed by atoms with Gasteiger partial charge in [-0.25, -0.2) is 15.0 Å². The summed E-state index contributed by atoms with van der Waals surface area (Å²) in [5.41, 5.74) is 8.80. The lowest BCUT2D eigenvalue weighted by Crippen LogP contribution is -2.00. The fourth-order valence-electron chi connectivity index (χ4n) is 1.90. The summed E-state index contributed by atoms with van der Waals surface area (Å²) in [5.74, 6) is 0.538. The predicted molar refractivity (Wildman–Crippen MR) is 76.0 cm³/mol. The number of hydrogen-bond donors (Lipinski definition) is 2. The maximum absolute atomic E-state index is 5.87. The predicted octanol–water partition coefficient (Wildman–Crippen LogP) is 2.65. The molecular formula is C13H13N5S. The van der Waals surface area contributed by atoms with Gasteiger partial charge >= 0.3 is 0 Å². The maximum atomic E-state index is 5.87. The SMILES string of the molecule is CCc1c(N)ncnc1Sc1nc2ccccc2[nH]1. The first-order chi connectivity index (χ1) is 9.28. The van der Waals surface area contributed by atoms with E-state index >= 15 is 0 Å². The van der Waals surface area contributed by atoms with Crippen molar-refractivity contribution in [3.05, 3.63) is 36.2 Å². The number of nitrogens with one attached hydrogen (secondary N) is 1. The minimum atomic E-state index is 0.538. The molecule has 0 bridgehead atoms. The third-order valence-electron chi connectivity index (χ3n) is 2.85. The van der Waals surface area contributed by atoms with E-state index in [0.717, 1.165) is 33.2 Å². The lowest BCUT2D eigenvalue weighted by Gasteiger charge is -2.05. The van der Waals surface area contributed by atoms with Crippen molar-refractivity contribution in [2.75, 3.05) is 5.73 Å². The highest BCUT2D eigenvalue weighted by Gasteiger charge is 2.11. The number of aromatic amines is 1. The molecule has 2 aromatic heterocycles. The molecular weight excluding hydrogens is 258 g/mol. The number of anilines is 1. The number of H-pyrrole nitrogens is 1. The summed E-state index contributed by atoms with van der Waals surface area (Å²) in [6, 6.07) is 7.93. The molecule has 0 aliphatic heterocycles. The number of nitrogens with two attached hydrogens (primary N) is 1. The van der Waals surface area contributed by atoms with Gasteiger partial charge in [0.15, 0.2) is 5.16 Å². The monoisotopic (exact) mass is 271 g/mol. The maximum Gasteiger partial charge on any atom is 0.172 e. The Bertz CT molecular complexity index is 689. The summed E-state index contributed by atoms with van der Waals surface area (Å²) in [6.07, 6.45) is 2.29. The van der Waals surface area contributed by atoms with Crippen LogP contribution in [0, 0.1) is 0 Å². The van der Waals surface area contributed by atoms with Crippen LogP contribution in [0.5, 0.6) is 0 Å². The average Bonchev–Trinajstić information content (AvgIpc) is 2.81. The van der Waals surface area contributed by atoms with Crippen molar-refractivity contribution in [2.45, 2.75) is 23.5 Å². The highest BCUT2D eigenvalue weighted by molar-refractivity contribution is 7.99. The third-order valence-corrected chi connectivity index (χ3v) is 3.79. The molecule has 3 aromatic rings. The zero-order valence-corrected chi connectivity index (χ0v) is 11.2. The molecule has 0 atom stereocenters. The fraction of sp³-hybridized carbons (Fsp3) is 0.154. The Hall–Kier alpha value is -2.08. The summed E-state index contributed by atoms with van der Waals surface area (Å²) in [4.78, 5) is 16.1. The Labute approximate surface area is 114 Å². The van der Waals surface area contributed by atoms with E-state index in [9.17, 15) is 0 Å². The van der Waals surface area contributed by atoms with Crippen molar-refractivity contribution in [1.29, 1.82) is 0 Å². The second kappa shape index (κ2) is 4.89. The number of benzene rings is 1. The van der Waals surface area contributed by atoms with Gasteiger partial charge in [0.2, 0.25) is 0 Å². The van der Waals surface area contributed by atoms with Crippen LogP contribution in [0.4, 0.5) is 5.82 Å². The zero-order chi connectivity index (χ0) is 13.2. The normalized spacial score (nSPS) is 11.0. The van der Waals surface area contributed by atoms with Crippen LogP contribution in [0.25, 0.3) is 11.0 Å². The first-order valence-electron chi connectivity index (χ1n) is 6.00. The van der Waals surface area contributed by atoms with Gasteiger partial charge in [-0.05, 0) is 30.3 Å². The Balaban J connectivity index is 1.99. The van der Waals surface area contributed by atoms with Gasteiger partial charge in [0.1, 0.15) is 17.2 Å². The highest BCUT2D eigenvalue weighted by Crippen LogP contribution is 2.29. The van der Waals surface area contributed by atoms with Crippen LogP contribution in [-0.4, -0.2) is 19.9 Å². The molecule has 0 spiro atoms. The fourth-order valence-corrected chi connectivity index (χ4v) is 2.86. The molecule has 96 valence electrons. The Morgan fingerprint density at radius 3 is 2.89 bits per heavy atom. The Morgan fingerprint density at radius 2 is 2.11 bits per heavy atom. The van der Waals surface area contributed by atoms with Crippen molar-refractivity contribution in [3.63, 3.8) is 0 Å². The van der Waals surface area contributed by atoms with Crippen LogP contribution in [-0.2, 0) is 6.42 Å². The third kappa shape index (κ3) is 2.26. The van der Waals surface area contributed by atoms with Crippen molar-refractivity contribution < 1.29 is 0 Å². The Morgan fingerprint density at radius 1 is 1.26 bits per heavy atom. The number of nitrogens with zero attached hydrogens (tertiary/aromatic N) is 3. The summed E-state index contributed by atoms with van der Waals surface area (Å²) in [7, 11) is 0. The molecule has 6 heteroatoms. The number of imidazole rings is 1. The molecule has 0 aliphatic rings. The smallest absolute Gasteiger partial charge is 0.172 e. The quantitative estimate of drug-likeness (QED) is 0.716. The largest absolute Gasteiger partial charge is 0.383 e. The highest BCUT2D eigenvalue weighted by atomic mass is 32.2. The standard InChI is InChI=1S/C13H13N5S/c1-2-8-11(14)15-7-16-12(8)19-13-17-9-5-3-4-6-10(9)18-13/h3-7H,2H2,1H3,(H,17,18)(H2,14,15,16). The van der Waals surface area contributed by atoms with Gasteiger partial charge in [0, 0.05) is 5.56 Å². The molecule has 0 unspecified atom stereocenters. The molecule has 3 rings (SSSR count). The number of fused-ring (bicyclic) bond motifs is 1. The molecule has 0 saturated heterocycles. The second-order valence-corrected chi connectivity index (χ2v) is 5.03. The van der Waals surface area contributed by atoms with Gasteiger partial charge in [-0.1, -0.05) is 19.1 Å². The van der Waals surface area contributed by atoms with Crippen molar-refractivity contribution in [1.82, 2.24) is 19.9 Å². The van der Waals surface area contributed by atoms with Gasteiger partial charge in [0.05, 0.1) is 11.0 Å². The van der Waals surface area contributed by atoms with Gasteiger partial charge in [-0.15, -0.1) is 0 Å². The summed E-state index contributed by atoms with van der Waals surface area (Å²) >= 11 is 1.48. The lowest BCUT2D eigenvalue weighted by molar-refractivity contribution is 0.945. The number of aromatic nitrogens is 4. The van der Waals surface area contributed by atoms with E-state index in [-0.39, 0.29) is 0 Å². The van der Waals surface area contributed by atoms with Crippen LogP contribution in [0.3, 0.4) is 0 Å². The van der Waals surface area contributed by atoms with Crippen LogP contribution < -0.4 is 5.73 Å². The molecule has 0 radical (unpaired) electrons. The first-order valence-corrected chi connectivity index (χ1v) is 6.81. The van der Waals surface area contributed by atoms with Gasteiger partial charge in [-0.2, -0.15) is 0 Å². The zero-order valence-electron chi connectivity index (χ0n) is 10.4. The number of rotatable bonds is 3. The average molecular weight is 271 g/mol. The van der Waals surface area contributed by atoms with E-state index in [1.54, 1.807) is 0 Å². The van der Waals surface area contributed by atoms with Crippen LogP contribution in [0.1, 0.15) is 12.5 Å². The van der Waals surface area contributed by atoms with E-state index in [4.69, 9.17) is 5.73 Å². The molecule has 0 fully saturated rings. The van der Waals surface area contributed by atoms with E-state index in [2.05, 4.69) is 19.9 Å². The van der Waals surface area contributed by atoms with Crippen molar-refractivity contribution >= 4 is 28.6 Å². The molecule has 0 amide bonds. The molecule has 19 heavy (non-hydrogen) atoms.